The van der Waals surface area contributed by atoms with Crippen LogP contribution in [0.25, 0.3) is 0 Å². The van der Waals surface area contributed by atoms with Gasteiger partial charge in [0.1, 0.15) is 0 Å². The van der Waals surface area contributed by atoms with E-state index in [9.17, 15) is 9.59 Å². The molecule has 7 heteroatoms. The fourth-order valence-corrected chi connectivity index (χ4v) is 2.42. The molecule has 0 unspecified atom stereocenters. The number of benzene rings is 1. The van der Waals surface area contributed by atoms with Gasteiger partial charge in [0.05, 0.1) is 10.0 Å². The van der Waals surface area contributed by atoms with E-state index in [1.54, 1.807) is 17.0 Å². The Kier molecular flexibility index (Phi) is 4.73. The van der Waals surface area contributed by atoms with Gasteiger partial charge in [0.2, 0.25) is 0 Å². The highest BCUT2D eigenvalue weighted by atomic mass is 35.5. The average Bonchev–Trinajstić information content (AvgIpc) is 2.67. The number of rotatable bonds is 1. The third kappa shape index (κ3) is 3.35. The van der Waals surface area contributed by atoms with Crippen LogP contribution in [0, 0.1) is 0 Å². The van der Waals surface area contributed by atoms with E-state index in [0.29, 0.717) is 48.2 Å². The van der Waals surface area contributed by atoms with Crippen LogP contribution in [0.1, 0.15) is 16.8 Å². The van der Waals surface area contributed by atoms with Crippen molar-refractivity contribution in [3.8, 4) is 0 Å². The highest BCUT2D eigenvalue weighted by molar-refractivity contribution is 6.42. The number of hydrogen-bond acceptors (Lipinski definition) is 2. The molecule has 1 N–H and O–H groups in total. The second-order valence-electron chi connectivity index (χ2n) is 4.54. The summed E-state index contributed by atoms with van der Waals surface area (Å²) in [5, 5.41) is 9.69. The first kappa shape index (κ1) is 14.9. The zero-order valence-electron chi connectivity index (χ0n) is 10.7. The van der Waals surface area contributed by atoms with E-state index in [4.69, 9.17) is 28.3 Å². The van der Waals surface area contributed by atoms with Crippen LogP contribution >= 0.6 is 23.2 Å². The summed E-state index contributed by atoms with van der Waals surface area (Å²) < 4.78 is 0. The number of hydrogen-bond donors (Lipinski definition) is 1. The normalized spacial score (nSPS) is 15.9. The van der Waals surface area contributed by atoms with Crippen LogP contribution in [0.2, 0.25) is 10.0 Å². The molecule has 1 aromatic carbocycles. The van der Waals surface area contributed by atoms with Crippen molar-refractivity contribution >= 4 is 35.2 Å². The minimum absolute atomic E-state index is 0.157. The first-order valence-electron chi connectivity index (χ1n) is 6.21. The van der Waals surface area contributed by atoms with Crippen molar-refractivity contribution < 1.29 is 14.7 Å². The Balaban J connectivity index is 2.09. The van der Waals surface area contributed by atoms with Gasteiger partial charge in [-0.2, -0.15) is 0 Å². The maximum absolute atomic E-state index is 12.4. The van der Waals surface area contributed by atoms with Crippen molar-refractivity contribution in [2.45, 2.75) is 6.42 Å². The summed E-state index contributed by atoms with van der Waals surface area (Å²) in [7, 11) is 0. The lowest BCUT2D eigenvalue weighted by Crippen LogP contribution is -2.36. The first-order chi connectivity index (χ1) is 9.49. The van der Waals surface area contributed by atoms with Gasteiger partial charge in [0, 0.05) is 31.7 Å². The van der Waals surface area contributed by atoms with Gasteiger partial charge in [-0.1, -0.05) is 23.2 Å². The number of nitrogens with zero attached hydrogens (tertiary/aromatic N) is 2. The Morgan fingerprint density at radius 1 is 1.00 bits per heavy atom. The molecule has 1 saturated heterocycles. The Bertz CT molecular complexity index is 536. The van der Waals surface area contributed by atoms with Gasteiger partial charge in [0.15, 0.2) is 0 Å². The number of halogens is 2. The second kappa shape index (κ2) is 6.33. The van der Waals surface area contributed by atoms with Crippen molar-refractivity contribution in [3.05, 3.63) is 33.8 Å². The van der Waals surface area contributed by atoms with Crippen LogP contribution in [0.5, 0.6) is 0 Å². The highest BCUT2D eigenvalue weighted by Gasteiger charge is 2.22. The van der Waals surface area contributed by atoms with Crippen molar-refractivity contribution in [1.29, 1.82) is 0 Å². The summed E-state index contributed by atoms with van der Waals surface area (Å²) in [5.74, 6) is -0.157. The van der Waals surface area contributed by atoms with E-state index in [1.807, 2.05) is 0 Å². The standard InChI is InChI=1S/C13H14Cl2N2O3/c14-10-3-2-9(8-11(10)15)12(18)16-4-1-5-17(7-6-16)13(19)20/h2-3,8H,1,4-7H2,(H,19,20). The summed E-state index contributed by atoms with van der Waals surface area (Å²) in [6.07, 6.45) is -0.326. The number of carbonyl (C=O) groups excluding carboxylic acids is 1. The van der Waals surface area contributed by atoms with E-state index in [-0.39, 0.29) is 5.91 Å². The van der Waals surface area contributed by atoms with E-state index in [0.717, 1.165) is 0 Å². The van der Waals surface area contributed by atoms with E-state index < -0.39 is 6.09 Å². The van der Waals surface area contributed by atoms with Gasteiger partial charge in [-0.15, -0.1) is 0 Å². The molecule has 1 aliphatic rings. The second-order valence-corrected chi connectivity index (χ2v) is 5.36. The Labute approximate surface area is 126 Å². The number of carbonyl (C=O) groups is 2. The third-order valence-electron chi connectivity index (χ3n) is 3.22. The molecule has 0 saturated carbocycles. The van der Waals surface area contributed by atoms with Gasteiger partial charge in [-0.3, -0.25) is 4.79 Å². The largest absolute Gasteiger partial charge is 0.465 e. The van der Waals surface area contributed by atoms with E-state index >= 15 is 0 Å². The molecule has 1 aromatic rings. The molecule has 108 valence electrons. The molecule has 20 heavy (non-hydrogen) atoms. The summed E-state index contributed by atoms with van der Waals surface area (Å²) in [6.45, 7) is 1.68. The van der Waals surface area contributed by atoms with Crippen LogP contribution in [-0.2, 0) is 0 Å². The van der Waals surface area contributed by atoms with Crippen molar-refractivity contribution in [1.82, 2.24) is 9.80 Å². The van der Waals surface area contributed by atoms with E-state index in [1.165, 1.54) is 11.0 Å². The minimum atomic E-state index is -0.950. The van der Waals surface area contributed by atoms with Crippen molar-refractivity contribution in [2.24, 2.45) is 0 Å². The SMILES string of the molecule is O=C(O)N1CCCN(C(=O)c2ccc(Cl)c(Cl)c2)CC1. The number of carboxylic acid groups (broad SMARTS) is 1. The van der Waals surface area contributed by atoms with Gasteiger partial charge in [0.25, 0.3) is 5.91 Å². The van der Waals surface area contributed by atoms with Crippen LogP contribution in [-0.4, -0.2) is 53.1 Å². The van der Waals surface area contributed by atoms with E-state index in [2.05, 4.69) is 0 Å². The predicted octanol–water partition coefficient (Wildman–Crippen LogP) is 2.82. The molecule has 0 radical (unpaired) electrons. The molecule has 0 bridgehead atoms. The molecule has 1 aliphatic heterocycles. The molecule has 0 atom stereocenters. The fraction of sp³-hybridized carbons (Fsp3) is 0.385. The van der Waals surface area contributed by atoms with Crippen LogP contribution < -0.4 is 0 Å². The molecule has 2 rings (SSSR count). The molecule has 2 amide bonds. The molecule has 0 spiro atoms. The quantitative estimate of drug-likeness (QED) is 0.866. The Hall–Kier alpha value is -1.46. The lowest BCUT2D eigenvalue weighted by Gasteiger charge is -2.21. The third-order valence-corrected chi connectivity index (χ3v) is 3.96. The lowest BCUT2D eigenvalue weighted by molar-refractivity contribution is 0.0759. The first-order valence-corrected chi connectivity index (χ1v) is 6.97. The molecule has 0 aliphatic carbocycles. The van der Waals surface area contributed by atoms with Gasteiger partial charge in [-0.05, 0) is 24.6 Å². The molecule has 1 fully saturated rings. The van der Waals surface area contributed by atoms with Gasteiger partial charge >= 0.3 is 6.09 Å². The monoisotopic (exact) mass is 316 g/mol. The fourth-order valence-electron chi connectivity index (χ4n) is 2.12. The molecular weight excluding hydrogens is 303 g/mol. The zero-order chi connectivity index (χ0) is 14.7. The van der Waals surface area contributed by atoms with Crippen molar-refractivity contribution in [2.75, 3.05) is 26.2 Å². The van der Waals surface area contributed by atoms with Gasteiger partial charge in [-0.25, -0.2) is 4.79 Å². The zero-order valence-corrected chi connectivity index (χ0v) is 12.2. The van der Waals surface area contributed by atoms with Crippen molar-refractivity contribution in [3.63, 3.8) is 0 Å². The van der Waals surface area contributed by atoms with Crippen LogP contribution in [0.3, 0.4) is 0 Å². The lowest BCUT2D eigenvalue weighted by atomic mass is 10.2. The summed E-state index contributed by atoms with van der Waals surface area (Å²) in [4.78, 5) is 26.2. The minimum Gasteiger partial charge on any atom is -0.465 e. The molecule has 5 nitrogen and oxygen atoms in total. The molecular formula is C13H14Cl2N2O3. The smallest absolute Gasteiger partial charge is 0.407 e. The van der Waals surface area contributed by atoms with Gasteiger partial charge < -0.3 is 14.9 Å². The molecule has 0 aromatic heterocycles. The maximum Gasteiger partial charge on any atom is 0.407 e. The Morgan fingerprint density at radius 3 is 2.30 bits per heavy atom. The highest BCUT2D eigenvalue weighted by Crippen LogP contribution is 2.23. The summed E-state index contributed by atoms with van der Waals surface area (Å²) >= 11 is 11.7. The summed E-state index contributed by atoms with van der Waals surface area (Å²) in [6, 6.07) is 4.74. The van der Waals surface area contributed by atoms with Crippen LogP contribution in [0.15, 0.2) is 18.2 Å². The Morgan fingerprint density at radius 2 is 1.65 bits per heavy atom. The van der Waals surface area contributed by atoms with Crippen LogP contribution in [0.4, 0.5) is 4.79 Å². The predicted molar refractivity (Wildman–Crippen MR) is 76.6 cm³/mol. The average molecular weight is 317 g/mol. The maximum atomic E-state index is 12.4. The topological polar surface area (TPSA) is 60.9 Å². The number of amides is 2. The molecule has 1 heterocycles. The summed E-state index contributed by atoms with van der Waals surface area (Å²) in [5.41, 5.74) is 0.461.